The van der Waals surface area contributed by atoms with Gasteiger partial charge >= 0.3 is 0 Å². The van der Waals surface area contributed by atoms with Gasteiger partial charge in [0, 0.05) is 23.8 Å². The Morgan fingerprint density at radius 2 is 1.95 bits per heavy atom. The zero-order valence-electron chi connectivity index (χ0n) is 11.5. The van der Waals surface area contributed by atoms with Crippen molar-refractivity contribution in [3.05, 3.63) is 17.6 Å². The first-order valence-corrected chi connectivity index (χ1v) is 7.60. The van der Waals surface area contributed by atoms with Gasteiger partial charge in [0.15, 0.2) is 0 Å². The summed E-state index contributed by atoms with van der Waals surface area (Å²) in [5.74, 6) is 1.10. The lowest BCUT2D eigenvalue weighted by atomic mass is 9.94. The van der Waals surface area contributed by atoms with Gasteiger partial charge in [-0.05, 0) is 32.1 Å². The predicted octanol–water partition coefficient (Wildman–Crippen LogP) is 2.10. The Morgan fingerprint density at radius 3 is 2.74 bits per heavy atom. The number of aromatic nitrogens is 2. The zero-order valence-corrected chi connectivity index (χ0v) is 11.5. The number of aryl methyl sites for hydroxylation is 1. The first-order valence-electron chi connectivity index (χ1n) is 7.60. The average molecular weight is 261 g/mol. The summed E-state index contributed by atoms with van der Waals surface area (Å²) >= 11 is 0. The smallest absolute Gasteiger partial charge is 0.135 e. The molecular weight excluding hydrogens is 238 g/mol. The van der Waals surface area contributed by atoms with Crippen LogP contribution in [-0.4, -0.2) is 34.3 Å². The molecule has 0 bridgehead atoms. The summed E-state index contributed by atoms with van der Waals surface area (Å²) in [5, 5.41) is 9.39. The minimum atomic E-state index is 0.204. The molecule has 1 aromatic rings. The van der Waals surface area contributed by atoms with Gasteiger partial charge in [-0.1, -0.05) is 19.3 Å². The molecule has 104 valence electrons. The lowest BCUT2D eigenvalue weighted by Crippen LogP contribution is -2.40. The molecule has 0 amide bonds. The second-order valence-corrected chi connectivity index (χ2v) is 5.68. The molecule has 4 heteroatoms. The van der Waals surface area contributed by atoms with Crippen LogP contribution in [0, 0.1) is 0 Å². The monoisotopic (exact) mass is 261 g/mol. The van der Waals surface area contributed by atoms with Crippen molar-refractivity contribution < 1.29 is 5.11 Å². The lowest BCUT2D eigenvalue weighted by Gasteiger charge is -2.35. The maximum atomic E-state index is 9.39. The number of aliphatic hydroxyl groups excluding tert-OH is 1. The van der Waals surface area contributed by atoms with Crippen LogP contribution >= 0.6 is 0 Å². The summed E-state index contributed by atoms with van der Waals surface area (Å²) in [4.78, 5) is 11.3. The third-order valence-corrected chi connectivity index (χ3v) is 4.48. The molecule has 3 rings (SSSR count). The number of hydrogen-bond donors (Lipinski definition) is 1. The minimum absolute atomic E-state index is 0.204. The van der Waals surface area contributed by atoms with Crippen LogP contribution in [0.15, 0.2) is 6.33 Å². The Hall–Kier alpha value is -1.16. The van der Waals surface area contributed by atoms with Gasteiger partial charge in [0.2, 0.25) is 0 Å². The lowest BCUT2D eigenvalue weighted by molar-refractivity contribution is 0.289. The van der Waals surface area contributed by atoms with Crippen molar-refractivity contribution in [1.82, 2.24) is 9.97 Å². The normalized spacial score (nSPS) is 19.4. The van der Waals surface area contributed by atoms with E-state index in [0.29, 0.717) is 12.6 Å². The Balaban J connectivity index is 1.89. The van der Waals surface area contributed by atoms with Crippen LogP contribution in [0.1, 0.15) is 49.8 Å². The molecule has 0 aliphatic heterocycles. The molecule has 1 heterocycles. The highest BCUT2D eigenvalue weighted by atomic mass is 16.3. The quantitative estimate of drug-likeness (QED) is 0.901. The molecule has 2 aliphatic carbocycles. The summed E-state index contributed by atoms with van der Waals surface area (Å²) in [7, 11) is 0. The molecule has 2 aliphatic rings. The molecule has 1 aromatic heterocycles. The van der Waals surface area contributed by atoms with E-state index in [-0.39, 0.29) is 6.61 Å². The summed E-state index contributed by atoms with van der Waals surface area (Å²) in [6.07, 6.45) is 11.5. The summed E-state index contributed by atoms with van der Waals surface area (Å²) in [5.41, 5.74) is 2.56. The van der Waals surface area contributed by atoms with E-state index < -0.39 is 0 Å². The molecule has 0 saturated heterocycles. The van der Waals surface area contributed by atoms with Gasteiger partial charge in [-0.3, -0.25) is 0 Å². The minimum Gasteiger partial charge on any atom is -0.395 e. The molecule has 0 spiro atoms. The average Bonchev–Trinajstić information content (AvgIpc) is 2.94. The number of nitrogens with zero attached hydrogens (tertiary/aromatic N) is 3. The Kier molecular flexibility index (Phi) is 3.97. The Bertz CT molecular complexity index is 429. The van der Waals surface area contributed by atoms with E-state index in [1.165, 1.54) is 49.8 Å². The molecule has 0 radical (unpaired) electrons. The second kappa shape index (κ2) is 5.87. The fourth-order valence-corrected chi connectivity index (χ4v) is 3.55. The number of anilines is 1. The topological polar surface area (TPSA) is 49.2 Å². The third-order valence-electron chi connectivity index (χ3n) is 4.48. The van der Waals surface area contributed by atoms with Gasteiger partial charge < -0.3 is 10.0 Å². The van der Waals surface area contributed by atoms with Gasteiger partial charge in [-0.15, -0.1) is 0 Å². The third kappa shape index (κ3) is 2.59. The first kappa shape index (κ1) is 12.9. The van der Waals surface area contributed by atoms with Gasteiger partial charge in [0.1, 0.15) is 12.1 Å². The number of aliphatic hydroxyl groups is 1. The summed E-state index contributed by atoms with van der Waals surface area (Å²) in [6, 6.07) is 0.556. The molecule has 0 aromatic carbocycles. The summed E-state index contributed by atoms with van der Waals surface area (Å²) in [6.45, 7) is 0.906. The zero-order chi connectivity index (χ0) is 13.1. The largest absolute Gasteiger partial charge is 0.395 e. The highest BCUT2D eigenvalue weighted by Gasteiger charge is 2.26. The molecular formula is C15H23N3O. The highest BCUT2D eigenvalue weighted by molar-refractivity contribution is 5.51. The van der Waals surface area contributed by atoms with Crippen molar-refractivity contribution in [3.63, 3.8) is 0 Å². The van der Waals surface area contributed by atoms with Crippen LogP contribution in [0.4, 0.5) is 5.82 Å². The van der Waals surface area contributed by atoms with Crippen molar-refractivity contribution in [3.8, 4) is 0 Å². The van der Waals surface area contributed by atoms with Crippen LogP contribution in [-0.2, 0) is 12.8 Å². The molecule has 1 saturated carbocycles. The Morgan fingerprint density at radius 1 is 1.11 bits per heavy atom. The van der Waals surface area contributed by atoms with Crippen LogP contribution in [0.2, 0.25) is 0 Å². The van der Waals surface area contributed by atoms with Crippen LogP contribution in [0.5, 0.6) is 0 Å². The SMILES string of the molecule is OCCN(c1ncnc2c1CCC2)C1CCCCC1. The van der Waals surface area contributed by atoms with Crippen molar-refractivity contribution in [2.45, 2.75) is 57.4 Å². The molecule has 0 atom stereocenters. The number of rotatable bonds is 4. The van der Waals surface area contributed by atoms with Gasteiger partial charge in [-0.2, -0.15) is 0 Å². The Labute approximate surface area is 114 Å². The van der Waals surface area contributed by atoms with Crippen molar-refractivity contribution >= 4 is 5.82 Å². The molecule has 1 N–H and O–H groups in total. The van der Waals surface area contributed by atoms with Crippen LogP contribution in [0.3, 0.4) is 0 Å². The fourth-order valence-electron chi connectivity index (χ4n) is 3.55. The van der Waals surface area contributed by atoms with Crippen molar-refractivity contribution in [2.24, 2.45) is 0 Å². The van der Waals surface area contributed by atoms with E-state index in [1.807, 2.05) is 0 Å². The number of hydrogen-bond acceptors (Lipinski definition) is 4. The first-order chi connectivity index (χ1) is 9.40. The van der Waals surface area contributed by atoms with Crippen LogP contribution in [0.25, 0.3) is 0 Å². The van der Waals surface area contributed by atoms with E-state index in [0.717, 1.165) is 18.7 Å². The van der Waals surface area contributed by atoms with E-state index in [9.17, 15) is 5.11 Å². The van der Waals surface area contributed by atoms with Crippen LogP contribution < -0.4 is 4.90 Å². The maximum absolute atomic E-state index is 9.39. The highest BCUT2D eigenvalue weighted by Crippen LogP contribution is 2.32. The molecule has 1 fully saturated rings. The molecule has 0 unspecified atom stereocenters. The van der Waals surface area contributed by atoms with Crippen molar-refractivity contribution in [1.29, 1.82) is 0 Å². The van der Waals surface area contributed by atoms with Gasteiger partial charge in [0.25, 0.3) is 0 Å². The fraction of sp³-hybridized carbons (Fsp3) is 0.733. The molecule has 4 nitrogen and oxygen atoms in total. The van der Waals surface area contributed by atoms with E-state index >= 15 is 0 Å². The van der Waals surface area contributed by atoms with Crippen molar-refractivity contribution in [2.75, 3.05) is 18.1 Å². The second-order valence-electron chi connectivity index (χ2n) is 5.68. The maximum Gasteiger partial charge on any atom is 0.135 e. The standard InChI is InChI=1S/C15H23N3O/c19-10-9-18(12-5-2-1-3-6-12)15-13-7-4-8-14(13)16-11-17-15/h11-12,19H,1-10H2. The van der Waals surface area contributed by atoms with Gasteiger partial charge in [0.05, 0.1) is 6.61 Å². The number of fused-ring (bicyclic) bond motifs is 1. The summed E-state index contributed by atoms with van der Waals surface area (Å²) < 4.78 is 0. The predicted molar refractivity (Wildman–Crippen MR) is 75.4 cm³/mol. The van der Waals surface area contributed by atoms with E-state index in [2.05, 4.69) is 14.9 Å². The van der Waals surface area contributed by atoms with Gasteiger partial charge in [-0.25, -0.2) is 9.97 Å². The van der Waals surface area contributed by atoms with E-state index in [4.69, 9.17) is 0 Å². The van der Waals surface area contributed by atoms with E-state index in [1.54, 1.807) is 6.33 Å². The molecule has 19 heavy (non-hydrogen) atoms.